The molecule has 3 rings (SSSR count). The van der Waals surface area contributed by atoms with Gasteiger partial charge in [-0.2, -0.15) is 0 Å². The smallest absolute Gasteiger partial charge is 0.0437 e. The minimum absolute atomic E-state index is 0.849. The fourth-order valence-corrected chi connectivity index (χ4v) is 2.86. The van der Waals surface area contributed by atoms with Crippen LogP contribution in [-0.2, 0) is 13.1 Å². The number of hydrogen-bond acceptors (Lipinski definition) is 2. The van der Waals surface area contributed by atoms with E-state index in [0.717, 1.165) is 23.2 Å². The lowest BCUT2D eigenvalue weighted by atomic mass is 10.1. The van der Waals surface area contributed by atoms with Crippen LogP contribution >= 0.6 is 15.9 Å². The summed E-state index contributed by atoms with van der Waals surface area (Å²) in [7, 11) is 0. The first kappa shape index (κ1) is 11.6. The van der Waals surface area contributed by atoms with E-state index in [1.807, 2.05) is 6.07 Å². The van der Waals surface area contributed by atoms with Crippen LogP contribution in [0.1, 0.15) is 16.7 Å². The topological polar surface area (TPSA) is 29.3 Å². The molecule has 2 nitrogen and oxygen atoms in total. The molecule has 0 saturated carbocycles. The third-order valence-corrected chi connectivity index (χ3v) is 3.96. The Hall–Kier alpha value is -1.48. The van der Waals surface area contributed by atoms with Gasteiger partial charge >= 0.3 is 0 Å². The summed E-state index contributed by atoms with van der Waals surface area (Å²) in [5, 5.41) is 0. The van der Waals surface area contributed by atoms with Crippen molar-refractivity contribution in [2.24, 2.45) is 0 Å². The first-order chi connectivity index (χ1) is 8.63. The minimum Gasteiger partial charge on any atom is -0.399 e. The minimum atomic E-state index is 0.849. The summed E-state index contributed by atoms with van der Waals surface area (Å²) in [6, 6.07) is 12.6. The highest BCUT2D eigenvalue weighted by Gasteiger charge is 2.20. The third kappa shape index (κ3) is 1.99. The van der Waals surface area contributed by atoms with Crippen LogP contribution in [0, 0.1) is 6.92 Å². The second-order valence-electron chi connectivity index (χ2n) is 4.82. The fraction of sp³-hybridized carbons (Fsp3) is 0.200. The SMILES string of the molecule is Cc1ccc(Br)cc1N1Cc2ccc(N)cc2C1. The van der Waals surface area contributed by atoms with Crippen LogP contribution in [0.2, 0.25) is 0 Å². The van der Waals surface area contributed by atoms with Gasteiger partial charge in [0.15, 0.2) is 0 Å². The van der Waals surface area contributed by atoms with Crippen molar-refractivity contribution in [2.75, 3.05) is 10.6 Å². The van der Waals surface area contributed by atoms with E-state index in [1.54, 1.807) is 0 Å². The van der Waals surface area contributed by atoms with Crippen molar-refractivity contribution < 1.29 is 0 Å². The van der Waals surface area contributed by atoms with E-state index in [0.29, 0.717) is 0 Å². The molecule has 0 atom stereocenters. The maximum absolute atomic E-state index is 5.84. The number of fused-ring (bicyclic) bond motifs is 1. The molecular formula is C15H15BrN2. The second-order valence-corrected chi connectivity index (χ2v) is 5.73. The van der Waals surface area contributed by atoms with E-state index in [1.165, 1.54) is 22.4 Å². The van der Waals surface area contributed by atoms with Crippen molar-refractivity contribution in [3.05, 3.63) is 57.6 Å². The standard InChI is InChI=1S/C15H15BrN2/c1-10-2-4-13(16)7-15(10)18-8-11-3-5-14(17)6-12(11)9-18/h2-7H,8-9,17H2,1H3. The zero-order valence-electron chi connectivity index (χ0n) is 10.3. The number of halogens is 1. The lowest BCUT2D eigenvalue weighted by Crippen LogP contribution is -2.15. The fourth-order valence-electron chi connectivity index (χ4n) is 2.51. The van der Waals surface area contributed by atoms with Crippen LogP contribution in [0.4, 0.5) is 11.4 Å². The molecule has 0 bridgehead atoms. The maximum Gasteiger partial charge on any atom is 0.0437 e. The normalized spacial score (nSPS) is 13.8. The van der Waals surface area contributed by atoms with Crippen molar-refractivity contribution in [2.45, 2.75) is 20.0 Å². The summed E-state index contributed by atoms with van der Waals surface area (Å²) >= 11 is 3.54. The average molecular weight is 303 g/mol. The van der Waals surface area contributed by atoms with E-state index in [4.69, 9.17) is 5.73 Å². The van der Waals surface area contributed by atoms with Gasteiger partial charge in [0.05, 0.1) is 0 Å². The maximum atomic E-state index is 5.84. The Morgan fingerprint density at radius 3 is 2.67 bits per heavy atom. The summed E-state index contributed by atoms with van der Waals surface area (Å²) in [6.45, 7) is 4.06. The van der Waals surface area contributed by atoms with Crippen molar-refractivity contribution in [1.82, 2.24) is 0 Å². The van der Waals surface area contributed by atoms with Crippen LogP contribution in [0.15, 0.2) is 40.9 Å². The molecule has 1 heterocycles. The van der Waals surface area contributed by atoms with Crippen LogP contribution < -0.4 is 10.6 Å². The highest BCUT2D eigenvalue weighted by Crippen LogP contribution is 2.32. The number of rotatable bonds is 1. The van der Waals surface area contributed by atoms with Gasteiger partial charge < -0.3 is 10.6 Å². The Morgan fingerprint density at radius 1 is 1.06 bits per heavy atom. The predicted octanol–water partition coefficient (Wildman–Crippen LogP) is 3.86. The van der Waals surface area contributed by atoms with Crippen molar-refractivity contribution >= 4 is 27.3 Å². The molecule has 18 heavy (non-hydrogen) atoms. The number of benzene rings is 2. The van der Waals surface area contributed by atoms with Crippen molar-refractivity contribution in [3.8, 4) is 0 Å². The molecule has 2 aromatic rings. The van der Waals surface area contributed by atoms with Gasteiger partial charge in [0.2, 0.25) is 0 Å². The zero-order chi connectivity index (χ0) is 12.7. The molecule has 1 aliphatic rings. The summed E-state index contributed by atoms with van der Waals surface area (Å²) < 4.78 is 1.12. The lowest BCUT2D eigenvalue weighted by molar-refractivity contribution is 0.875. The monoisotopic (exact) mass is 302 g/mol. The van der Waals surface area contributed by atoms with Gasteiger partial charge in [0.25, 0.3) is 0 Å². The molecule has 0 saturated heterocycles. The van der Waals surface area contributed by atoms with Gasteiger partial charge in [0.1, 0.15) is 0 Å². The first-order valence-electron chi connectivity index (χ1n) is 6.02. The van der Waals surface area contributed by atoms with Gasteiger partial charge in [-0.15, -0.1) is 0 Å². The Balaban J connectivity index is 1.96. The number of nitrogen functional groups attached to an aromatic ring is 1. The Bertz CT molecular complexity index is 607. The number of nitrogens with zero attached hydrogens (tertiary/aromatic N) is 1. The molecule has 2 aromatic carbocycles. The van der Waals surface area contributed by atoms with E-state index in [9.17, 15) is 0 Å². The first-order valence-corrected chi connectivity index (χ1v) is 6.81. The van der Waals surface area contributed by atoms with Crippen LogP contribution in [-0.4, -0.2) is 0 Å². The zero-order valence-corrected chi connectivity index (χ0v) is 11.9. The molecule has 0 fully saturated rings. The predicted molar refractivity (Wildman–Crippen MR) is 79.6 cm³/mol. The summed E-state index contributed by atoms with van der Waals surface area (Å²) in [5.41, 5.74) is 12.0. The van der Waals surface area contributed by atoms with E-state index in [-0.39, 0.29) is 0 Å². The van der Waals surface area contributed by atoms with Crippen LogP contribution in [0.25, 0.3) is 0 Å². The lowest BCUT2D eigenvalue weighted by Gasteiger charge is -2.20. The Kier molecular flexibility index (Phi) is 2.78. The summed E-state index contributed by atoms with van der Waals surface area (Å²) in [6.07, 6.45) is 0. The summed E-state index contributed by atoms with van der Waals surface area (Å²) in [5.74, 6) is 0. The molecule has 0 radical (unpaired) electrons. The summed E-state index contributed by atoms with van der Waals surface area (Å²) in [4.78, 5) is 2.39. The molecular weight excluding hydrogens is 288 g/mol. The molecule has 3 heteroatoms. The molecule has 0 amide bonds. The molecule has 0 aliphatic carbocycles. The second kappa shape index (κ2) is 4.32. The van der Waals surface area contributed by atoms with Gasteiger partial charge in [-0.25, -0.2) is 0 Å². The largest absolute Gasteiger partial charge is 0.399 e. The molecule has 2 N–H and O–H groups in total. The number of hydrogen-bond donors (Lipinski definition) is 1. The Morgan fingerprint density at radius 2 is 1.83 bits per heavy atom. The molecule has 0 unspecified atom stereocenters. The highest BCUT2D eigenvalue weighted by atomic mass is 79.9. The number of anilines is 2. The van der Waals surface area contributed by atoms with E-state index >= 15 is 0 Å². The van der Waals surface area contributed by atoms with Crippen molar-refractivity contribution in [1.29, 1.82) is 0 Å². The van der Waals surface area contributed by atoms with Gasteiger partial charge in [-0.05, 0) is 47.9 Å². The van der Waals surface area contributed by atoms with Gasteiger partial charge in [-0.3, -0.25) is 0 Å². The Labute approximate surface area is 116 Å². The quantitative estimate of drug-likeness (QED) is 0.811. The molecule has 0 spiro atoms. The van der Waals surface area contributed by atoms with Crippen molar-refractivity contribution in [3.63, 3.8) is 0 Å². The van der Waals surface area contributed by atoms with E-state index < -0.39 is 0 Å². The number of aryl methyl sites for hydroxylation is 1. The van der Waals surface area contributed by atoms with E-state index in [2.05, 4.69) is 58.1 Å². The third-order valence-electron chi connectivity index (χ3n) is 3.46. The number of nitrogens with two attached hydrogens (primary N) is 1. The van der Waals surface area contributed by atoms with Gasteiger partial charge in [-0.1, -0.05) is 28.1 Å². The van der Waals surface area contributed by atoms with Crippen LogP contribution in [0.5, 0.6) is 0 Å². The molecule has 0 aromatic heterocycles. The van der Waals surface area contributed by atoms with Crippen LogP contribution in [0.3, 0.4) is 0 Å². The average Bonchev–Trinajstić information content (AvgIpc) is 2.74. The van der Waals surface area contributed by atoms with Gasteiger partial charge in [0, 0.05) is 28.9 Å². The molecule has 1 aliphatic heterocycles. The highest BCUT2D eigenvalue weighted by molar-refractivity contribution is 9.10. The molecule has 92 valence electrons.